The molecule has 1 amide bonds. The zero-order chi connectivity index (χ0) is 14.0. The van der Waals surface area contributed by atoms with Crippen molar-refractivity contribution in [3.05, 3.63) is 38.9 Å². The quantitative estimate of drug-likeness (QED) is 0.616. The number of halogens is 1. The van der Waals surface area contributed by atoms with Gasteiger partial charge >= 0.3 is 0 Å². The van der Waals surface area contributed by atoms with E-state index in [1.165, 1.54) is 18.2 Å². The summed E-state index contributed by atoms with van der Waals surface area (Å²) in [6, 6.07) is 3.88. The van der Waals surface area contributed by atoms with Crippen LogP contribution >= 0.6 is 11.6 Å². The van der Waals surface area contributed by atoms with Gasteiger partial charge in [0.15, 0.2) is 0 Å². The maximum atomic E-state index is 12.4. The Morgan fingerprint density at radius 3 is 2.95 bits per heavy atom. The number of nitro groups is 1. The third-order valence-corrected chi connectivity index (χ3v) is 3.25. The number of morpholine rings is 1. The Balaban J connectivity index is 2.37. The normalized spacial score (nSPS) is 19.3. The zero-order valence-corrected chi connectivity index (χ0v) is 11.1. The van der Waals surface area contributed by atoms with Crippen LogP contribution in [0.1, 0.15) is 17.3 Å². The Morgan fingerprint density at radius 2 is 2.32 bits per heavy atom. The molecule has 0 radical (unpaired) electrons. The Bertz CT molecular complexity index is 520. The molecule has 7 heteroatoms. The Morgan fingerprint density at radius 1 is 1.58 bits per heavy atom. The van der Waals surface area contributed by atoms with Crippen LogP contribution in [-0.4, -0.2) is 41.5 Å². The lowest BCUT2D eigenvalue weighted by Gasteiger charge is -2.33. The van der Waals surface area contributed by atoms with E-state index >= 15 is 0 Å². The van der Waals surface area contributed by atoms with Gasteiger partial charge in [-0.15, -0.1) is 0 Å². The average molecular weight is 285 g/mol. The van der Waals surface area contributed by atoms with Gasteiger partial charge in [0.05, 0.1) is 24.2 Å². The molecule has 1 atom stereocenters. The zero-order valence-electron chi connectivity index (χ0n) is 10.3. The largest absolute Gasteiger partial charge is 0.377 e. The molecule has 0 saturated carbocycles. The van der Waals surface area contributed by atoms with Crippen molar-refractivity contribution in [1.29, 1.82) is 0 Å². The highest BCUT2D eigenvalue weighted by Gasteiger charge is 2.29. The molecule has 1 saturated heterocycles. The molecule has 1 aromatic carbocycles. The fourth-order valence-electron chi connectivity index (χ4n) is 2.02. The second kappa shape index (κ2) is 5.54. The molecule has 1 aliphatic heterocycles. The minimum Gasteiger partial charge on any atom is -0.377 e. The molecule has 0 aliphatic carbocycles. The number of nitrogens with zero attached hydrogens (tertiary/aromatic N) is 2. The van der Waals surface area contributed by atoms with Crippen LogP contribution in [-0.2, 0) is 4.74 Å². The SMILES string of the molecule is C[C@@H]1COCCN1C(=O)c1cc(Cl)ccc1[N+](=O)[O-]. The van der Waals surface area contributed by atoms with Crippen molar-refractivity contribution >= 4 is 23.2 Å². The number of amides is 1. The van der Waals surface area contributed by atoms with Gasteiger partial charge in [-0.05, 0) is 19.1 Å². The summed E-state index contributed by atoms with van der Waals surface area (Å²) in [5.74, 6) is -0.384. The molecule has 0 N–H and O–H groups in total. The Kier molecular flexibility index (Phi) is 4.01. The van der Waals surface area contributed by atoms with E-state index < -0.39 is 4.92 Å². The maximum Gasteiger partial charge on any atom is 0.282 e. The summed E-state index contributed by atoms with van der Waals surface area (Å²) in [7, 11) is 0. The van der Waals surface area contributed by atoms with Crippen LogP contribution in [0.4, 0.5) is 5.69 Å². The fourth-order valence-corrected chi connectivity index (χ4v) is 2.19. The van der Waals surface area contributed by atoms with Gasteiger partial charge in [-0.3, -0.25) is 14.9 Å². The summed E-state index contributed by atoms with van der Waals surface area (Å²) in [6.07, 6.45) is 0. The summed E-state index contributed by atoms with van der Waals surface area (Å²) in [5, 5.41) is 11.3. The van der Waals surface area contributed by atoms with E-state index in [2.05, 4.69) is 0 Å². The van der Waals surface area contributed by atoms with Gasteiger partial charge in [0, 0.05) is 17.6 Å². The van der Waals surface area contributed by atoms with E-state index in [4.69, 9.17) is 16.3 Å². The van der Waals surface area contributed by atoms with Gasteiger partial charge < -0.3 is 9.64 Å². The lowest BCUT2D eigenvalue weighted by atomic mass is 10.1. The van der Waals surface area contributed by atoms with Crippen molar-refractivity contribution < 1.29 is 14.5 Å². The van der Waals surface area contributed by atoms with Crippen LogP contribution in [0.15, 0.2) is 18.2 Å². The highest BCUT2D eigenvalue weighted by molar-refractivity contribution is 6.31. The molecule has 0 spiro atoms. The molecule has 0 aromatic heterocycles. The Hall–Kier alpha value is -1.66. The molecule has 0 unspecified atom stereocenters. The van der Waals surface area contributed by atoms with Crippen LogP contribution in [0.5, 0.6) is 0 Å². The molecule has 19 heavy (non-hydrogen) atoms. The van der Waals surface area contributed by atoms with Crippen LogP contribution in [0.3, 0.4) is 0 Å². The van der Waals surface area contributed by atoms with Crippen LogP contribution in [0.2, 0.25) is 5.02 Å². The molecule has 2 rings (SSSR count). The smallest absolute Gasteiger partial charge is 0.282 e. The van der Waals surface area contributed by atoms with Crippen molar-refractivity contribution in [2.75, 3.05) is 19.8 Å². The van der Waals surface area contributed by atoms with Crippen molar-refractivity contribution in [2.45, 2.75) is 13.0 Å². The van der Waals surface area contributed by atoms with E-state index in [9.17, 15) is 14.9 Å². The van der Waals surface area contributed by atoms with Crippen LogP contribution in [0.25, 0.3) is 0 Å². The third-order valence-electron chi connectivity index (χ3n) is 3.01. The maximum absolute atomic E-state index is 12.4. The third kappa shape index (κ3) is 2.85. The highest BCUT2D eigenvalue weighted by Crippen LogP contribution is 2.25. The number of carbonyl (C=O) groups is 1. The van der Waals surface area contributed by atoms with E-state index in [1.54, 1.807) is 4.90 Å². The standard InChI is InChI=1S/C12H13ClN2O4/c1-8-7-19-5-4-14(8)12(16)10-6-9(13)2-3-11(10)15(17)18/h2-3,6,8H,4-5,7H2,1H3/t8-/m1/s1. The molecular formula is C12H13ClN2O4. The number of benzene rings is 1. The molecule has 1 fully saturated rings. The number of hydrogen-bond donors (Lipinski definition) is 0. The molecule has 1 aliphatic rings. The van der Waals surface area contributed by atoms with Gasteiger partial charge in [-0.1, -0.05) is 11.6 Å². The van der Waals surface area contributed by atoms with Gasteiger partial charge in [0.25, 0.3) is 11.6 Å². The summed E-state index contributed by atoms with van der Waals surface area (Å²) < 4.78 is 5.25. The predicted molar refractivity (Wildman–Crippen MR) is 69.4 cm³/mol. The summed E-state index contributed by atoms with van der Waals surface area (Å²) >= 11 is 5.82. The number of ether oxygens (including phenoxy) is 1. The first-order valence-electron chi connectivity index (χ1n) is 5.83. The summed E-state index contributed by atoms with van der Waals surface area (Å²) in [4.78, 5) is 24.4. The topological polar surface area (TPSA) is 72.7 Å². The first-order chi connectivity index (χ1) is 9.00. The minimum atomic E-state index is -0.575. The summed E-state index contributed by atoms with van der Waals surface area (Å²) in [5.41, 5.74) is -0.209. The number of nitro benzene ring substituents is 1. The van der Waals surface area contributed by atoms with Gasteiger partial charge in [-0.25, -0.2) is 0 Å². The lowest BCUT2D eigenvalue weighted by Crippen LogP contribution is -2.47. The first kappa shape index (κ1) is 13.8. The van der Waals surface area contributed by atoms with E-state index in [-0.39, 0.29) is 23.2 Å². The monoisotopic (exact) mass is 284 g/mol. The molecule has 1 aromatic rings. The molecule has 0 bridgehead atoms. The lowest BCUT2D eigenvalue weighted by molar-refractivity contribution is -0.385. The fraction of sp³-hybridized carbons (Fsp3) is 0.417. The summed E-state index contributed by atoms with van der Waals surface area (Å²) in [6.45, 7) is 3.13. The second-order valence-electron chi connectivity index (χ2n) is 4.34. The van der Waals surface area contributed by atoms with Crippen molar-refractivity contribution in [3.8, 4) is 0 Å². The van der Waals surface area contributed by atoms with Gasteiger partial charge in [0.2, 0.25) is 0 Å². The van der Waals surface area contributed by atoms with Crippen molar-refractivity contribution in [2.24, 2.45) is 0 Å². The van der Waals surface area contributed by atoms with E-state index in [0.717, 1.165) is 0 Å². The Labute approximate surface area is 115 Å². The van der Waals surface area contributed by atoms with Gasteiger partial charge in [-0.2, -0.15) is 0 Å². The van der Waals surface area contributed by atoms with Gasteiger partial charge in [0.1, 0.15) is 5.56 Å². The minimum absolute atomic E-state index is 0.0197. The molecule has 1 heterocycles. The van der Waals surface area contributed by atoms with E-state index in [0.29, 0.717) is 24.8 Å². The molecule has 6 nitrogen and oxygen atoms in total. The molecule has 102 valence electrons. The van der Waals surface area contributed by atoms with Crippen LogP contribution in [0, 0.1) is 10.1 Å². The number of carbonyl (C=O) groups excluding carboxylic acids is 1. The number of hydrogen-bond acceptors (Lipinski definition) is 4. The van der Waals surface area contributed by atoms with Crippen LogP contribution < -0.4 is 0 Å². The number of rotatable bonds is 2. The van der Waals surface area contributed by atoms with Crippen molar-refractivity contribution in [1.82, 2.24) is 4.90 Å². The average Bonchev–Trinajstić information content (AvgIpc) is 2.38. The van der Waals surface area contributed by atoms with Crippen molar-refractivity contribution in [3.63, 3.8) is 0 Å². The van der Waals surface area contributed by atoms with E-state index in [1.807, 2.05) is 6.92 Å². The molecular weight excluding hydrogens is 272 g/mol. The predicted octanol–water partition coefficient (Wildman–Crippen LogP) is 2.11. The highest BCUT2D eigenvalue weighted by atomic mass is 35.5. The second-order valence-corrected chi connectivity index (χ2v) is 4.78. The first-order valence-corrected chi connectivity index (χ1v) is 6.21.